The van der Waals surface area contributed by atoms with Gasteiger partial charge in [0.25, 0.3) is 0 Å². The fourth-order valence-electron chi connectivity index (χ4n) is 3.07. The number of hydrogen-bond donors (Lipinski definition) is 0. The Labute approximate surface area is 174 Å². The van der Waals surface area contributed by atoms with Crippen LogP contribution in [-0.4, -0.2) is 32.5 Å². The molecule has 1 saturated heterocycles. The van der Waals surface area contributed by atoms with Gasteiger partial charge in [0.15, 0.2) is 0 Å². The Hall–Kier alpha value is -2.89. The first-order valence-corrected chi connectivity index (χ1v) is 9.75. The fraction of sp³-hybridized carbons (Fsp3) is 0.174. The Morgan fingerprint density at radius 3 is 2.48 bits per heavy atom. The van der Waals surface area contributed by atoms with Gasteiger partial charge in [0.05, 0.1) is 29.6 Å². The second kappa shape index (κ2) is 9.07. The van der Waals surface area contributed by atoms with E-state index in [1.807, 2.05) is 53.4 Å². The van der Waals surface area contributed by atoms with Crippen LogP contribution < -0.4 is 9.64 Å². The molecule has 1 fully saturated rings. The van der Waals surface area contributed by atoms with Crippen LogP contribution in [0.4, 0.5) is 15.8 Å². The van der Waals surface area contributed by atoms with E-state index in [9.17, 15) is 4.39 Å². The van der Waals surface area contributed by atoms with Gasteiger partial charge in [-0.25, -0.2) is 4.39 Å². The summed E-state index contributed by atoms with van der Waals surface area (Å²) in [4.78, 5) is 6.42. The van der Waals surface area contributed by atoms with Crippen LogP contribution in [0.2, 0.25) is 5.02 Å². The quantitative estimate of drug-likeness (QED) is 0.494. The molecule has 0 atom stereocenters. The molecule has 1 aliphatic rings. The molecule has 0 unspecified atom stereocenters. The summed E-state index contributed by atoms with van der Waals surface area (Å²) >= 11 is 6.11. The highest BCUT2D eigenvalue weighted by molar-refractivity contribution is 6.32. The van der Waals surface area contributed by atoms with Crippen molar-refractivity contribution in [3.8, 4) is 11.5 Å². The molecule has 0 spiro atoms. The molecule has 0 amide bonds. The van der Waals surface area contributed by atoms with Crippen LogP contribution in [0.1, 0.15) is 5.56 Å². The second-order valence-electron chi connectivity index (χ2n) is 6.59. The molecule has 1 heterocycles. The zero-order chi connectivity index (χ0) is 20.1. The van der Waals surface area contributed by atoms with E-state index in [4.69, 9.17) is 21.1 Å². The minimum Gasteiger partial charge on any atom is -0.456 e. The Balaban J connectivity index is 1.42. The molecular weight excluding hydrogens is 391 g/mol. The van der Waals surface area contributed by atoms with Gasteiger partial charge in [0.1, 0.15) is 17.3 Å². The van der Waals surface area contributed by atoms with Gasteiger partial charge < -0.3 is 14.4 Å². The van der Waals surface area contributed by atoms with Gasteiger partial charge in [-0.15, -0.1) is 0 Å². The minimum absolute atomic E-state index is 0.251. The van der Waals surface area contributed by atoms with Crippen molar-refractivity contribution in [3.63, 3.8) is 0 Å². The summed E-state index contributed by atoms with van der Waals surface area (Å²) in [6.45, 7) is 2.65. The number of para-hydroxylation sites is 1. The average Bonchev–Trinajstić information content (AvgIpc) is 2.75. The molecule has 3 aromatic rings. The molecule has 4 rings (SSSR count). The maximum Gasteiger partial charge on any atom is 0.147 e. The van der Waals surface area contributed by atoms with Gasteiger partial charge in [-0.3, -0.25) is 4.99 Å². The van der Waals surface area contributed by atoms with E-state index in [1.54, 1.807) is 18.3 Å². The molecule has 0 saturated carbocycles. The zero-order valence-corrected chi connectivity index (χ0v) is 16.5. The summed E-state index contributed by atoms with van der Waals surface area (Å²) in [5.74, 6) is 1.01. The molecule has 0 N–H and O–H groups in total. The fourth-order valence-corrected chi connectivity index (χ4v) is 3.24. The van der Waals surface area contributed by atoms with Crippen molar-refractivity contribution in [1.29, 1.82) is 0 Å². The molecule has 0 radical (unpaired) electrons. The van der Waals surface area contributed by atoms with E-state index >= 15 is 0 Å². The van der Waals surface area contributed by atoms with Gasteiger partial charge in [0, 0.05) is 19.3 Å². The lowest BCUT2D eigenvalue weighted by Crippen LogP contribution is -2.36. The summed E-state index contributed by atoms with van der Waals surface area (Å²) in [5, 5.41) is 0.553. The summed E-state index contributed by atoms with van der Waals surface area (Å²) in [6, 6.07) is 19.8. The van der Waals surface area contributed by atoms with Crippen molar-refractivity contribution in [3.05, 3.63) is 83.1 Å². The highest BCUT2D eigenvalue weighted by atomic mass is 35.5. The average molecular weight is 411 g/mol. The van der Waals surface area contributed by atoms with Gasteiger partial charge in [-0.05, 0) is 54.1 Å². The largest absolute Gasteiger partial charge is 0.456 e. The second-order valence-corrected chi connectivity index (χ2v) is 7.00. The lowest BCUT2D eigenvalue weighted by Gasteiger charge is -2.29. The Kier molecular flexibility index (Phi) is 6.08. The Morgan fingerprint density at radius 2 is 1.76 bits per heavy atom. The van der Waals surface area contributed by atoms with Crippen molar-refractivity contribution < 1.29 is 13.9 Å². The van der Waals surface area contributed by atoms with Crippen molar-refractivity contribution in [2.75, 3.05) is 31.2 Å². The third kappa shape index (κ3) is 4.94. The summed E-state index contributed by atoms with van der Waals surface area (Å²) in [6.07, 6.45) is 1.65. The predicted octanol–water partition coefficient (Wildman–Crippen LogP) is 5.86. The molecule has 0 aliphatic carbocycles. The molecular formula is C23H20ClFN2O2. The molecule has 4 nitrogen and oxygen atoms in total. The van der Waals surface area contributed by atoms with Crippen LogP contribution in [-0.2, 0) is 4.74 Å². The summed E-state index contributed by atoms with van der Waals surface area (Å²) < 4.78 is 25.6. The third-order valence-corrected chi connectivity index (χ3v) is 4.90. The number of ether oxygens (including phenoxy) is 2. The number of hydrogen-bond acceptors (Lipinski definition) is 4. The SMILES string of the molecule is Fc1cc(C=Nc2ccc(Oc3ccccc3Cl)cc2)ccc1N1CCOCC1. The van der Waals surface area contributed by atoms with E-state index in [0.29, 0.717) is 54.1 Å². The van der Waals surface area contributed by atoms with E-state index in [0.717, 1.165) is 5.69 Å². The number of morpholine rings is 1. The van der Waals surface area contributed by atoms with Crippen molar-refractivity contribution in [2.45, 2.75) is 0 Å². The third-order valence-electron chi connectivity index (χ3n) is 4.59. The molecule has 0 aromatic heterocycles. The maximum absolute atomic E-state index is 14.5. The lowest BCUT2D eigenvalue weighted by atomic mass is 10.2. The van der Waals surface area contributed by atoms with E-state index in [-0.39, 0.29) is 5.82 Å². The van der Waals surface area contributed by atoms with Crippen molar-refractivity contribution in [2.24, 2.45) is 4.99 Å². The van der Waals surface area contributed by atoms with Gasteiger partial charge in [-0.1, -0.05) is 29.8 Å². The van der Waals surface area contributed by atoms with Crippen LogP contribution in [0.3, 0.4) is 0 Å². The molecule has 6 heteroatoms. The smallest absolute Gasteiger partial charge is 0.147 e. The molecule has 3 aromatic carbocycles. The van der Waals surface area contributed by atoms with Crippen LogP contribution >= 0.6 is 11.6 Å². The molecule has 0 bridgehead atoms. The Bertz CT molecular complexity index is 1000. The number of halogens is 2. The minimum atomic E-state index is -0.251. The number of rotatable bonds is 5. The van der Waals surface area contributed by atoms with Crippen LogP contribution in [0.15, 0.2) is 71.7 Å². The molecule has 148 valence electrons. The first-order valence-electron chi connectivity index (χ1n) is 9.38. The van der Waals surface area contributed by atoms with E-state index < -0.39 is 0 Å². The van der Waals surface area contributed by atoms with Gasteiger partial charge in [0.2, 0.25) is 0 Å². The van der Waals surface area contributed by atoms with E-state index in [2.05, 4.69) is 4.99 Å². The first-order chi connectivity index (χ1) is 14.2. The highest BCUT2D eigenvalue weighted by Crippen LogP contribution is 2.29. The number of nitrogens with zero attached hydrogens (tertiary/aromatic N) is 2. The maximum atomic E-state index is 14.5. The predicted molar refractivity (Wildman–Crippen MR) is 115 cm³/mol. The highest BCUT2D eigenvalue weighted by Gasteiger charge is 2.14. The van der Waals surface area contributed by atoms with Crippen molar-refractivity contribution >= 4 is 29.2 Å². The Morgan fingerprint density at radius 1 is 1.00 bits per heavy atom. The molecule has 1 aliphatic heterocycles. The van der Waals surface area contributed by atoms with Gasteiger partial charge in [-0.2, -0.15) is 0 Å². The van der Waals surface area contributed by atoms with Crippen LogP contribution in [0.5, 0.6) is 11.5 Å². The number of benzene rings is 3. The standard InChI is InChI=1S/C23H20ClFN2O2/c24-20-3-1-2-4-23(20)29-19-8-6-18(7-9-19)26-16-17-5-10-22(21(25)15-17)27-11-13-28-14-12-27/h1-10,15-16H,11-14H2. The van der Waals surface area contributed by atoms with E-state index in [1.165, 1.54) is 6.07 Å². The normalized spacial score (nSPS) is 14.3. The van der Waals surface area contributed by atoms with Gasteiger partial charge >= 0.3 is 0 Å². The number of anilines is 1. The zero-order valence-electron chi connectivity index (χ0n) is 15.7. The molecule has 29 heavy (non-hydrogen) atoms. The number of aliphatic imine (C=N–C) groups is 1. The first kappa shape index (κ1) is 19.4. The van der Waals surface area contributed by atoms with Crippen molar-refractivity contribution in [1.82, 2.24) is 0 Å². The monoisotopic (exact) mass is 410 g/mol. The lowest BCUT2D eigenvalue weighted by molar-refractivity contribution is 0.122. The van der Waals surface area contributed by atoms with Crippen LogP contribution in [0, 0.1) is 5.82 Å². The van der Waals surface area contributed by atoms with Crippen LogP contribution in [0.25, 0.3) is 0 Å². The summed E-state index contributed by atoms with van der Waals surface area (Å²) in [7, 11) is 0. The summed E-state index contributed by atoms with van der Waals surface area (Å²) in [5.41, 5.74) is 2.05. The topological polar surface area (TPSA) is 34.1 Å².